The highest BCUT2D eigenvalue weighted by atomic mass is 16.5. The Kier molecular flexibility index (Phi) is 5.06. The van der Waals surface area contributed by atoms with Gasteiger partial charge in [0.2, 0.25) is 0 Å². The summed E-state index contributed by atoms with van der Waals surface area (Å²) in [5, 5.41) is 19.8. The smallest absolute Gasteiger partial charge is 0.256 e. The molecule has 1 amide bonds. The molecule has 0 fully saturated rings. The summed E-state index contributed by atoms with van der Waals surface area (Å²) in [5.74, 6) is 1.53. The lowest BCUT2D eigenvalue weighted by Crippen LogP contribution is -2.12. The van der Waals surface area contributed by atoms with Gasteiger partial charge in [-0.2, -0.15) is 10.4 Å². The van der Waals surface area contributed by atoms with Crippen LogP contribution in [0.2, 0.25) is 0 Å². The number of benzene rings is 3. The largest absolute Gasteiger partial charge is 0.497 e. The number of nitrogens with one attached hydrogen (secondary N) is 2. The molecule has 0 atom stereocenters. The Morgan fingerprint density at radius 3 is 2.70 bits per heavy atom. The Morgan fingerprint density at radius 2 is 1.93 bits per heavy atom. The third kappa shape index (κ3) is 3.54. The van der Waals surface area contributed by atoms with Crippen LogP contribution in [0, 0.1) is 11.3 Å². The molecule has 7 heteroatoms. The summed E-state index contributed by atoms with van der Waals surface area (Å²) in [7, 11) is 3.24. The maximum Gasteiger partial charge on any atom is 0.256 e. The predicted molar refractivity (Wildman–Crippen MR) is 114 cm³/mol. The van der Waals surface area contributed by atoms with Crippen molar-refractivity contribution in [2.24, 2.45) is 0 Å². The van der Waals surface area contributed by atoms with Gasteiger partial charge in [0.1, 0.15) is 11.5 Å². The van der Waals surface area contributed by atoms with Crippen molar-refractivity contribution < 1.29 is 14.3 Å². The van der Waals surface area contributed by atoms with Gasteiger partial charge >= 0.3 is 0 Å². The fourth-order valence-electron chi connectivity index (χ4n) is 3.23. The Bertz CT molecular complexity index is 1290. The van der Waals surface area contributed by atoms with Crippen LogP contribution in [-0.2, 0) is 0 Å². The number of carbonyl (C=O) groups is 1. The van der Waals surface area contributed by atoms with Gasteiger partial charge in [0.05, 0.1) is 31.4 Å². The zero-order valence-electron chi connectivity index (χ0n) is 16.4. The molecule has 30 heavy (non-hydrogen) atoms. The van der Waals surface area contributed by atoms with Crippen LogP contribution in [0.15, 0.2) is 60.7 Å². The van der Waals surface area contributed by atoms with Crippen molar-refractivity contribution in [3.05, 3.63) is 71.8 Å². The number of hydrogen-bond donors (Lipinski definition) is 2. The number of hydrogen-bond acceptors (Lipinski definition) is 5. The number of rotatable bonds is 5. The van der Waals surface area contributed by atoms with Crippen molar-refractivity contribution in [1.82, 2.24) is 10.2 Å². The highest BCUT2D eigenvalue weighted by molar-refractivity contribution is 6.08. The Balaban J connectivity index is 1.66. The number of nitrogens with zero attached hydrogens (tertiary/aromatic N) is 2. The van der Waals surface area contributed by atoms with E-state index < -0.39 is 0 Å². The number of aromatic amines is 1. The van der Waals surface area contributed by atoms with Gasteiger partial charge in [-0.3, -0.25) is 9.89 Å². The minimum Gasteiger partial charge on any atom is -0.497 e. The normalized spacial score (nSPS) is 10.4. The van der Waals surface area contributed by atoms with Crippen LogP contribution in [0.3, 0.4) is 0 Å². The van der Waals surface area contributed by atoms with E-state index in [-0.39, 0.29) is 5.91 Å². The molecule has 2 N–H and O–H groups in total. The summed E-state index contributed by atoms with van der Waals surface area (Å²) < 4.78 is 10.8. The molecule has 7 nitrogen and oxygen atoms in total. The van der Waals surface area contributed by atoms with E-state index in [1.165, 1.54) is 6.07 Å². The minimum absolute atomic E-state index is 0.334. The molecule has 1 heterocycles. The Labute approximate surface area is 172 Å². The van der Waals surface area contributed by atoms with Crippen LogP contribution >= 0.6 is 0 Å². The van der Waals surface area contributed by atoms with Crippen molar-refractivity contribution in [2.75, 3.05) is 19.5 Å². The number of methoxy groups -OCH3 is 2. The topological polar surface area (TPSA) is 100 Å². The van der Waals surface area contributed by atoms with E-state index in [1.807, 2.05) is 42.5 Å². The number of carbonyl (C=O) groups excluding carboxylic acids is 1. The molecule has 0 radical (unpaired) electrons. The average Bonchev–Trinajstić information content (AvgIpc) is 3.20. The van der Waals surface area contributed by atoms with Crippen molar-refractivity contribution >= 4 is 22.6 Å². The van der Waals surface area contributed by atoms with Crippen LogP contribution in [0.4, 0.5) is 5.82 Å². The van der Waals surface area contributed by atoms with Gasteiger partial charge in [0.15, 0.2) is 5.82 Å². The van der Waals surface area contributed by atoms with E-state index in [2.05, 4.69) is 15.5 Å². The second-order valence-electron chi connectivity index (χ2n) is 6.55. The van der Waals surface area contributed by atoms with Crippen LogP contribution in [0.1, 0.15) is 15.9 Å². The standard InChI is InChI=1S/C23H18N4O3/c1-29-17-7-9-21(30-2)19(12-17)15-6-8-18-20(11-15)26-27-22(18)25-23(28)16-5-3-4-14(10-16)13-24/h3-12H,1-2H3,(H2,25,26,27,28). The molecule has 3 aromatic carbocycles. The van der Waals surface area contributed by atoms with E-state index in [0.717, 1.165) is 33.5 Å². The summed E-state index contributed by atoms with van der Waals surface area (Å²) in [6.07, 6.45) is 0. The first-order valence-electron chi connectivity index (χ1n) is 9.15. The molecule has 4 rings (SSSR count). The number of nitriles is 1. The summed E-state index contributed by atoms with van der Waals surface area (Å²) in [6, 6.07) is 19.9. The third-order valence-corrected chi connectivity index (χ3v) is 4.77. The zero-order chi connectivity index (χ0) is 21.1. The molecular formula is C23H18N4O3. The monoisotopic (exact) mass is 398 g/mol. The van der Waals surface area contributed by atoms with Crippen LogP contribution in [0.25, 0.3) is 22.0 Å². The average molecular weight is 398 g/mol. The molecule has 0 spiro atoms. The lowest BCUT2D eigenvalue weighted by atomic mass is 10.0. The van der Waals surface area contributed by atoms with Crippen molar-refractivity contribution in [3.63, 3.8) is 0 Å². The second kappa shape index (κ2) is 7.97. The quantitative estimate of drug-likeness (QED) is 0.520. The number of fused-ring (bicyclic) bond motifs is 1. The van der Waals surface area contributed by atoms with E-state index >= 15 is 0 Å². The van der Waals surface area contributed by atoms with Gasteiger partial charge in [-0.1, -0.05) is 12.1 Å². The lowest BCUT2D eigenvalue weighted by Gasteiger charge is -2.11. The summed E-state index contributed by atoms with van der Waals surface area (Å²) in [5.41, 5.74) is 3.38. The third-order valence-electron chi connectivity index (χ3n) is 4.77. The predicted octanol–water partition coefficient (Wildman–Crippen LogP) is 4.37. The van der Waals surface area contributed by atoms with E-state index in [1.54, 1.807) is 32.4 Å². The molecule has 0 aliphatic carbocycles. The van der Waals surface area contributed by atoms with Crippen LogP contribution in [-0.4, -0.2) is 30.3 Å². The van der Waals surface area contributed by atoms with Gasteiger partial charge < -0.3 is 14.8 Å². The highest BCUT2D eigenvalue weighted by Crippen LogP contribution is 2.35. The maximum absolute atomic E-state index is 12.6. The first-order valence-corrected chi connectivity index (χ1v) is 9.15. The molecule has 0 aliphatic rings. The fourth-order valence-corrected chi connectivity index (χ4v) is 3.23. The molecule has 0 saturated heterocycles. The number of aromatic nitrogens is 2. The summed E-state index contributed by atoms with van der Waals surface area (Å²) >= 11 is 0. The molecular weight excluding hydrogens is 380 g/mol. The fraction of sp³-hybridized carbons (Fsp3) is 0.0870. The van der Waals surface area contributed by atoms with Crippen molar-refractivity contribution in [1.29, 1.82) is 5.26 Å². The summed E-state index contributed by atoms with van der Waals surface area (Å²) in [4.78, 5) is 12.6. The zero-order valence-corrected chi connectivity index (χ0v) is 16.4. The van der Waals surface area contributed by atoms with Crippen molar-refractivity contribution in [3.8, 4) is 28.7 Å². The van der Waals surface area contributed by atoms with Gasteiger partial charge in [0, 0.05) is 16.5 Å². The number of anilines is 1. The van der Waals surface area contributed by atoms with Crippen LogP contribution in [0.5, 0.6) is 11.5 Å². The van der Waals surface area contributed by atoms with E-state index in [4.69, 9.17) is 14.7 Å². The molecule has 0 bridgehead atoms. The summed E-state index contributed by atoms with van der Waals surface area (Å²) in [6.45, 7) is 0. The SMILES string of the molecule is COc1ccc(OC)c(-c2ccc3c(NC(=O)c4cccc(C#N)c4)n[nH]c3c2)c1. The molecule has 0 aliphatic heterocycles. The van der Waals surface area contributed by atoms with Gasteiger partial charge in [-0.25, -0.2) is 0 Å². The molecule has 4 aromatic rings. The van der Waals surface area contributed by atoms with Gasteiger partial charge in [-0.05, 0) is 54.1 Å². The van der Waals surface area contributed by atoms with E-state index in [9.17, 15) is 4.79 Å². The first-order chi connectivity index (χ1) is 14.6. The Morgan fingerprint density at radius 1 is 1.07 bits per heavy atom. The minimum atomic E-state index is -0.334. The van der Waals surface area contributed by atoms with Crippen molar-refractivity contribution in [2.45, 2.75) is 0 Å². The number of amides is 1. The first kappa shape index (κ1) is 19.0. The number of H-pyrrole nitrogens is 1. The van der Waals surface area contributed by atoms with Crippen LogP contribution < -0.4 is 14.8 Å². The maximum atomic E-state index is 12.6. The second-order valence-corrected chi connectivity index (χ2v) is 6.55. The number of ether oxygens (including phenoxy) is 2. The van der Waals surface area contributed by atoms with Gasteiger partial charge in [0.25, 0.3) is 5.91 Å². The lowest BCUT2D eigenvalue weighted by molar-refractivity contribution is 0.102. The molecule has 0 saturated carbocycles. The molecule has 1 aromatic heterocycles. The Hall–Kier alpha value is -4.31. The van der Waals surface area contributed by atoms with E-state index in [0.29, 0.717) is 16.9 Å². The highest BCUT2D eigenvalue weighted by Gasteiger charge is 2.14. The molecule has 0 unspecified atom stereocenters. The molecule has 148 valence electrons. The van der Waals surface area contributed by atoms with Gasteiger partial charge in [-0.15, -0.1) is 0 Å².